The highest BCUT2D eigenvalue weighted by molar-refractivity contribution is 5.96. The van der Waals surface area contributed by atoms with Crippen LogP contribution >= 0.6 is 0 Å². The Morgan fingerprint density at radius 2 is 1.96 bits per heavy atom. The van der Waals surface area contributed by atoms with Gasteiger partial charge in [-0.2, -0.15) is 5.10 Å². The van der Waals surface area contributed by atoms with Crippen molar-refractivity contribution in [1.82, 2.24) is 19.7 Å². The second kappa shape index (κ2) is 6.19. The van der Waals surface area contributed by atoms with Crippen LogP contribution in [0.2, 0.25) is 0 Å². The van der Waals surface area contributed by atoms with Crippen LogP contribution in [0.15, 0.2) is 18.5 Å². The molecule has 0 aromatic carbocycles. The van der Waals surface area contributed by atoms with E-state index in [1.807, 2.05) is 21.8 Å². The number of fused-ring (bicyclic) bond motifs is 2. The number of amides is 1. The number of nitrogens with zero attached hydrogens (tertiary/aromatic N) is 4. The summed E-state index contributed by atoms with van der Waals surface area (Å²) >= 11 is 0. The number of piperidine rings is 1. The minimum absolute atomic E-state index is 0.130. The molecule has 1 aliphatic heterocycles. The summed E-state index contributed by atoms with van der Waals surface area (Å²) in [6.07, 6.45) is 10.0. The van der Waals surface area contributed by atoms with Crippen molar-refractivity contribution in [2.75, 3.05) is 13.1 Å². The van der Waals surface area contributed by atoms with Crippen molar-refractivity contribution in [2.24, 2.45) is 11.8 Å². The molecule has 1 amide bonds. The maximum Gasteiger partial charge on any atom is 0.255 e. The largest absolute Gasteiger partial charge is 0.338 e. The average molecular weight is 326 g/mol. The molecule has 1 aliphatic carbocycles. The Morgan fingerprint density at radius 1 is 1.17 bits per heavy atom. The molecule has 5 heteroatoms. The van der Waals surface area contributed by atoms with Gasteiger partial charge in [0.1, 0.15) is 0 Å². The van der Waals surface area contributed by atoms with Gasteiger partial charge in [0.2, 0.25) is 0 Å². The molecule has 24 heavy (non-hydrogen) atoms. The zero-order valence-electron chi connectivity index (χ0n) is 14.6. The summed E-state index contributed by atoms with van der Waals surface area (Å²) in [7, 11) is 0. The summed E-state index contributed by atoms with van der Waals surface area (Å²) in [5, 5.41) is 5.34. The van der Waals surface area contributed by atoms with E-state index in [1.165, 1.54) is 25.7 Å². The van der Waals surface area contributed by atoms with E-state index in [2.05, 4.69) is 23.9 Å². The monoisotopic (exact) mass is 326 g/mol. The van der Waals surface area contributed by atoms with E-state index >= 15 is 0 Å². The van der Waals surface area contributed by atoms with Crippen LogP contribution in [0, 0.1) is 11.8 Å². The number of carbonyl (C=O) groups is 1. The topological polar surface area (TPSA) is 51.0 Å². The highest BCUT2D eigenvalue weighted by Crippen LogP contribution is 2.36. The van der Waals surface area contributed by atoms with Crippen LogP contribution in [0.5, 0.6) is 0 Å². The van der Waals surface area contributed by atoms with Gasteiger partial charge in [0, 0.05) is 30.7 Å². The zero-order chi connectivity index (χ0) is 16.7. The predicted molar refractivity (Wildman–Crippen MR) is 93.9 cm³/mol. The Morgan fingerprint density at radius 3 is 2.75 bits per heavy atom. The second-order valence-corrected chi connectivity index (χ2v) is 7.66. The minimum atomic E-state index is 0.130. The van der Waals surface area contributed by atoms with Crippen molar-refractivity contribution in [2.45, 2.75) is 52.0 Å². The van der Waals surface area contributed by atoms with Crippen LogP contribution in [0.3, 0.4) is 0 Å². The number of pyridine rings is 1. The van der Waals surface area contributed by atoms with E-state index in [-0.39, 0.29) is 11.9 Å². The van der Waals surface area contributed by atoms with Crippen LogP contribution in [-0.4, -0.2) is 38.7 Å². The highest BCUT2D eigenvalue weighted by Gasteiger charge is 2.33. The Hall–Kier alpha value is -1.91. The van der Waals surface area contributed by atoms with E-state index in [4.69, 9.17) is 0 Å². The maximum atomic E-state index is 12.9. The molecule has 3 heterocycles. The lowest BCUT2D eigenvalue weighted by Crippen LogP contribution is -2.44. The van der Waals surface area contributed by atoms with Gasteiger partial charge in [-0.05, 0) is 44.6 Å². The third-order valence-electron chi connectivity index (χ3n) is 5.75. The Bertz CT molecular complexity index is 751. The fraction of sp³-hybridized carbons (Fsp3) is 0.632. The molecule has 1 saturated heterocycles. The lowest BCUT2D eigenvalue weighted by Gasteiger charge is -2.41. The Kier molecular flexibility index (Phi) is 4.02. The second-order valence-electron chi connectivity index (χ2n) is 7.66. The van der Waals surface area contributed by atoms with E-state index < -0.39 is 0 Å². The molecule has 5 nitrogen and oxygen atoms in total. The first-order valence-corrected chi connectivity index (χ1v) is 9.26. The summed E-state index contributed by atoms with van der Waals surface area (Å²) in [6, 6.07) is 2.21. The summed E-state index contributed by atoms with van der Waals surface area (Å²) < 4.78 is 1.90. The van der Waals surface area contributed by atoms with Crippen LogP contribution in [-0.2, 0) is 0 Å². The molecule has 2 aliphatic rings. The molecule has 2 fully saturated rings. The average Bonchev–Trinajstić information content (AvgIpc) is 3.04. The van der Waals surface area contributed by atoms with Crippen molar-refractivity contribution in [3.63, 3.8) is 0 Å². The van der Waals surface area contributed by atoms with E-state index in [1.54, 1.807) is 6.20 Å². The third kappa shape index (κ3) is 2.70. The van der Waals surface area contributed by atoms with Gasteiger partial charge in [-0.3, -0.25) is 4.79 Å². The molecule has 4 rings (SSSR count). The lowest BCUT2D eigenvalue weighted by atomic mass is 9.75. The first-order chi connectivity index (χ1) is 11.6. The highest BCUT2D eigenvalue weighted by atomic mass is 16.2. The SMILES string of the molecule is CC(C)n1ncc2cc(C(=O)N3CCC4CCCCC4C3)cnc21. The molecule has 128 valence electrons. The number of likely N-dealkylation sites (tertiary alicyclic amines) is 1. The Labute approximate surface area is 143 Å². The fourth-order valence-corrected chi connectivity index (χ4v) is 4.40. The summed E-state index contributed by atoms with van der Waals surface area (Å²) in [5.74, 6) is 1.68. The van der Waals surface area contributed by atoms with Crippen LogP contribution in [0.1, 0.15) is 62.4 Å². The van der Waals surface area contributed by atoms with E-state index in [0.717, 1.165) is 36.5 Å². The first-order valence-electron chi connectivity index (χ1n) is 9.26. The summed E-state index contributed by atoms with van der Waals surface area (Å²) in [4.78, 5) is 19.5. The smallest absolute Gasteiger partial charge is 0.255 e. The van der Waals surface area contributed by atoms with Crippen LogP contribution in [0.4, 0.5) is 0 Å². The van der Waals surface area contributed by atoms with Gasteiger partial charge in [0.05, 0.1) is 11.8 Å². The quantitative estimate of drug-likeness (QED) is 0.846. The number of hydrogen-bond donors (Lipinski definition) is 0. The van der Waals surface area contributed by atoms with Gasteiger partial charge in [0.15, 0.2) is 5.65 Å². The molecule has 2 atom stereocenters. The zero-order valence-corrected chi connectivity index (χ0v) is 14.6. The van der Waals surface area contributed by atoms with Crippen LogP contribution < -0.4 is 0 Å². The molecule has 0 bridgehead atoms. The van der Waals surface area contributed by atoms with Crippen molar-refractivity contribution >= 4 is 16.9 Å². The standard InChI is InChI=1S/C19H26N4O/c1-13(2)23-18-16(11-21-23)9-17(10-20-18)19(24)22-8-7-14-5-3-4-6-15(14)12-22/h9-11,13-15H,3-8,12H2,1-2H3. The van der Waals surface area contributed by atoms with Gasteiger partial charge in [0.25, 0.3) is 5.91 Å². The van der Waals surface area contributed by atoms with Gasteiger partial charge in [-0.25, -0.2) is 9.67 Å². The molecular formula is C19H26N4O. The first kappa shape index (κ1) is 15.6. The number of rotatable bonds is 2. The van der Waals surface area contributed by atoms with Gasteiger partial charge >= 0.3 is 0 Å². The number of carbonyl (C=O) groups excluding carboxylic acids is 1. The molecule has 1 saturated carbocycles. The van der Waals surface area contributed by atoms with E-state index in [0.29, 0.717) is 11.5 Å². The third-order valence-corrected chi connectivity index (χ3v) is 5.75. The lowest BCUT2D eigenvalue weighted by molar-refractivity contribution is 0.0520. The van der Waals surface area contributed by atoms with Crippen molar-refractivity contribution in [3.05, 3.63) is 24.0 Å². The molecule has 0 radical (unpaired) electrons. The predicted octanol–water partition coefficient (Wildman–Crippen LogP) is 3.66. The van der Waals surface area contributed by atoms with Gasteiger partial charge in [-0.15, -0.1) is 0 Å². The molecule has 0 N–H and O–H groups in total. The van der Waals surface area contributed by atoms with Crippen molar-refractivity contribution in [3.8, 4) is 0 Å². The van der Waals surface area contributed by atoms with Crippen molar-refractivity contribution < 1.29 is 4.79 Å². The van der Waals surface area contributed by atoms with Gasteiger partial charge < -0.3 is 4.90 Å². The number of aromatic nitrogens is 3. The molecule has 2 aromatic heterocycles. The normalized spacial score (nSPS) is 24.4. The molecule has 2 unspecified atom stereocenters. The van der Waals surface area contributed by atoms with E-state index in [9.17, 15) is 4.79 Å². The molecular weight excluding hydrogens is 300 g/mol. The van der Waals surface area contributed by atoms with Crippen molar-refractivity contribution in [1.29, 1.82) is 0 Å². The summed E-state index contributed by atoms with van der Waals surface area (Å²) in [6.45, 7) is 5.99. The molecule has 0 spiro atoms. The molecule has 2 aromatic rings. The Balaban J connectivity index is 1.55. The minimum Gasteiger partial charge on any atom is -0.338 e. The fourth-order valence-electron chi connectivity index (χ4n) is 4.40. The number of hydrogen-bond acceptors (Lipinski definition) is 3. The van der Waals surface area contributed by atoms with Gasteiger partial charge in [-0.1, -0.05) is 19.3 Å². The maximum absolute atomic E-state index is 12.9. The summed E-state index contributed by atoms with van der Waals surface area (Å²) in [5.41, 5.74) is 1.55. The van der Waals surface area contributed by atoms with Crippen LogP contribution in [0.25, 0.3) is 11.0 Å².